The van der Waals surface area contributed by atoms with Crippen molar-refractivity contribution in [1.29, 1.82) is 0 Å². The minimum Gasteiger partial charge on any atom is -0.438 e. The van der Waals surface area contributed by atoms with Gasteiger partial charge in [-0.05, 0) is 23.8 Å². The smallest absolute Gasteiger partial charge is 0.425 e. The molecular formula is C8H10N2O2S. The summed E-state index contributed by atoms with van der Waals surface area (Å²) >= 11 is 1.58. The summed E-state index contributed by atoms with van der Waals surface area (Å²) in [6.07, 6.45) is -0.674. The Bertz CT molecular complexity index is 312. The van der Waals surface area contributed by atoms with E-state index in [1.54, 1.807) is 11.3 Å². The average Bonchev–Trinajstić information content (AvgIpc) is 2.70. The lowest BCUT2D eigenvalue weighted by molar-refractivity contribution is 0.131. The third-order valence-corrected chi connectivity index (χ3v) is 2.89. The van der Waals surface area contributed by atoms with E-state index in [-0.39, 0.29) is 12.1 Å². The van der Waals surface area contributed by atoms with Gasteiger partial charge in [0.2, 0.25) is 0 Å². The maximum Gasteiger partial charge on any atom is 0.425 e. The van der Waals surface area contributed by atoms with Crippen LogP contribution in [0.2, 0.25) is 0 Å². The van der Waals surface area contributed by atoms with Gasteiger partial charge in [0.15, 0.2) is 6.10 Å². The van der Waals surface area contributed by atoms with Crippen molar-refractivity contribution in [3.05, 3.63) is 22.4 Å². The summed E-state index contributed by atoms with van der Waals surface area (Å²) in [5.41, 5.74) is 1.01. The van der Waals surface area contributed by atoms with E-state index in [2.05, 4.69) is 0 Å². The molecule has 4 nitrogen and oxygen atoms in total. The molecule has 1 amide bonds. The summed E-state index contributed by atoms with van der Waals surface area (Å²) in [6.45, 7) is 1.87. The standard InChI is InChI=1S/C8H10N2O2S/c1-5-7(6-2-3-13-4-6)12-8(11)10(5)9/h2-5,7H,9H2,1H3/t5-,7-/m0/s1. The van der Waals surface area contributed by atoms with Gasteiger partial charge < -0.3 is 4.74 Å². The lowest BCUT2D eigenvalue weighted by atomic mass is 10.1. The van der Waals surface area contributed by atoms with Crippen LogP contribution in [-0.2, 0) is 4.74 Å². The number of cyclic esters (lactones) is 1. The van der Waals surface area contributed by atoms with Crippen molar-refractivity contribution in [3.8, 4) is 0 Å². The summed E-state index contributed by atoms with van der Waals surface area (Å²) in [4.78, 5) is 11.1. The second-order valence-electron chi connectivity index (χ2n) is 3.01. The largest absolute Gasteiger partial charge is 0.438 e. The third-order valence-electron chi connectivity index (χ3n) is 2.19. The summed E-state index contributed by atoms with van der Waals surface area (Å²) in [6, 6.07) is 1.85. The number of rotatable bonds is 1. The van der Waals surface area contributed by atoms with Crippen LogP contribution < -0.4 is 5.84 Å². The number of nitrogens with zero attached hydrogens (tertiary/aromatic N) is 1. The van der Waals surface area contributed by atoms with Gasteiger partial charge in [-0.3, -0.25) is 0 Å². The zero-order valence-electron chi connectivity index (χ0n) is 7.14. The van der Waals surface area contributed by atoms with E-state index in [0.29, 0.717) is 0 Å². The molecular weight excluding hydrogens is 188 g/mol. The van der Waals surface area contributed by atoms with Gasteiger partial charge in [-0.25, -0.2) is 15.6 Å². The third kappa shape index (κ3) is 1.30. The molecule has 2 atom stereocenters. The Kier molecular flexibility index (Phi) is 1.97. The Labute approximate surface area is 79.9 Å². The topological polar surface area (TPSA) is 55.6 Å². The van der Waals surface area contributed by atoms with E-state index in [0.717, 1.165) is 10.6 Å². The fraction of sp³-hybridized carbons (Fsp3) is 0.375. The molecule has 0 aliphatic carbocycles. The fourth-order valence-electron chi connectivity index (χ4n) is 1.36. The molecule has 1 aromatic rings. The molecule has 0 spiro atoms. The molecule has 0 unspecified atom stereocenters. The molecule has 1 fully saturated rings. The molecule has 1 aliphatic rings. The molecule has 2 heterocycles. The predicted molar refractivity (Wildman–Crippen MR) is 49.0 cm³/mol. The van der Waals surface area contributed by atoms with E-state index in [1.807, 2.05) is 23.8 Å². The van der Waals surface area contributed by atoms with Crippen molar-refractivity contribution in [1.82, 2.24) is 5.01 Å². The van der Waals surface area contributed by atoms with Gasteiger partial charge in [0, 0.05) is 5.56 Å². The average molecular weight is 198 g/mol. The highest BCUT2D eigenvalue weighted by atomic mass is 32.1. The summed E-state index contributed by atoms with van der Waals surface area (Å²) < 4.78 is 5.10. The van der Waals surface area contributed by atoms with Gasteiger partial charge in [-0.2, -0.15) is 11.3 Å². The molecule has 1 aromatic heterocycles. The molecule has 70 valence electrons. The van der Waals surface area contributed by atoms with E-state index in [1.165, 1.54) is 0 Å². The van der Waals surface area contributed by atoms with Crippen LogP contribution in [0, 0.1) is 0 Å². The highest BCUT2D eigenvalue weighted by Gasteiger charge is 2.38. The predicted octanol–water partition coefficient (Wildman–Crippen LogP) is 1.50. The summed E-state index contributed by atoms with van der Waals surface area (Å²) in [5.74, 6) is 5.48. The second-order valence-corrected chi connectivity index (χ2v) is 3.79. The van der Waals surface area contributed by atoms with Crippen molar-refractivity contribution in [3.63, 3.8) is 0 Å². The van der Waals surface area contributed by atoms with Crippen molar-refractivity contribution >= 4 is 17.4 Å². The van der Waals surface area contributed by atoms with Crippen molar-refractivity contribution in [2.75, 3.05) is 0 Å². The van der Waals surface area contributed by atoms with Crippen molar-refractivity contribution < 1.29 is 9.53 Å². The number of hydrazine groups is 1. The molecule has 13 heavy (non-hydrogen) atoms. The SMILES string of the molecule is C[C@H]1[C@@H](c2ccsc2)OC(=O)N1N. The number of ether oxygens (including phenoxy) is 1. The first-order chi connectivity index (χ1) is 6.20. The van der Waals surface area contributed by atoms with Crippen molar-refractivity contribution in [2.24, 2.45) is 5.84 Å². The highest BCUT2D eigenvalue weighted by molar-refractivity contribution is 7.07. The fourth-order valence-corrected chi connectivity index (χ4v) is 2.05. The first kappa shape index (κ1) is 8.52. The first-order valence-electron chi connectivity index (χ1n) is 3.97. The van der Waals surface area contributed by atoms with Gasteiger partial charge in [0.05, 0.1) is 6.04 Å². The molecule has 5 heteroatoms. The Morgan fingerprint density at radius 3 is 2.92 bits per heavy atom. The zero-order valence-corrected chi connectivity index (χ0v) is 7.95. The lowest BCUT2D eigenvalue weighted by Crippen LogP contribution is -2.38. The number of hydrogen-bond acceptors (Lipinski definition) is 4. The first-order valence-corrected chi connectivity index (χ1v) is 4.91. The van der Waals surface area contributed by atoms with Gasteiger partial charge in [0.25, 0.3) is 0 Å². The van der Waals surface area contributed by atoms with Crippen LogP contribution in [0.1, 0.15) is 18.6 Å². The van der Waals surface area contributed by atoms with Crippen LogP contribution in [-0.4, -0.2) is 17.1 Å². The second kappa shape index (κ2) is 3.01. The zero-order chi connectivity index (χ0) is 9.42. The molecule has 1 aliphatic heterocycles. The summed E-state index contributed by atoms with van der Waals surface area (Å²) in [7, 11) is 0. The summed E-state index contributed by atoms with van der Waals surface area (Å²) in [5, 5.41) is 5.05. The van der Waals surface area contributed by atoms with Crippen molar-refractivity contribution in [2.45, 2.75) is 19.1 Å². The molecule has 2 rings (SSSR count). The molecule has 0 aromatic carbocycles. The van der Waals surface area contributed by atoms with E-state index >= 15 is 0 Å². The van der Waals surface area contributed by atoms with Crippen LogP contribution in [0.15, 0.2) is 16.8 Å². The van der Waals surface area contributed by atoms with E-state index in [9.17, 15) is 4.79 Å². The normalized spacial score (nSPS) is 27.8. The van der Waals surface area contributed by atoms with Gasteiger partial charge in [0.1, 0.15) is 0 Å². The highest BCUT2D eigenvalue weighted by Crippen LogP contribution is 2.31. The maximum atomic E-state index is 11.1. The molecule has 0 bridgehead atoms. The Morgan fingerprint density at radius 2 is 2.46 bits per heavy atom. The number of carbonyl (C=O) groups is 1. The van der Waals surface area contributed by atoms with Gasteiger partial charge in [-0.15, -0.1) is 0 Å². The maximum absolute atomic E-state index is 11.1. The van der Waals surface area contributed by atoms with Crippen LogP contribution in [0.3, 0.4) is 0 Å². The number of amides is 1. The van der Waals surface area contributed by atoms with Crippen LogP contribution in [0.5, 0.6) is 0 Å². The number of carbonyl (C=O) groups excluding carboxylic acids is 1. The van der Waals surface area contributed by atoms with Crippen LogP contribution >= 0.6 is 11.3 Å². The van der Waals surface area contributed by atoms with Crippen LogP contribution in [0.4, 0.5) is 4.79 Å². The van der Waals surface area contributed by atoms with Gasteiger partial charge in [-0.1, -0.05) is 0 Å². The number of nitrogens with two attached hydrogens (primary N) is 1. The minimum absolute atomic E-state index is 0.0953. The Balaban J connectivity index is 2.23. The van der Waals surface area contributed by atoms with Gasteiger partial charge >= 0.3 is 6.09 Å². The molecule has 0 saturated carbocycles. The molecule has 1 saturated heterocycles. The Morgan fingerprint density at radius 1 is 1.69 bits per heavy atom. The van der Waals surface area contributed by atoms with E-state index < -0.39 is 6.09 Å². The van der Waals surface area contributed by atoms with E-state index in [4.69, 9.17) is 10.6 Å². The lowest BCUT2D eigenvalue weighted by Gasteiger charge is -2.14. The quantitative estimate of drug-likeness (QED) is 0.549. The minimum atomic E-state index is -0.455. The number of hydrogen-bond donors (Lipinski definition) is 1. The monoisotopic (exact) mass is 198 g/mol. The van der Waals surface area contributed by atoms with Crippen LogP contribution in [0.25, 0.3) is 0 Å². The molecule has 2 N–H and O–H groups in total. The number of thiophene rings is 1. The molecule has 0 radical (unpaired) electrons. The Hall–Kier alpha value is -1.07.